The first-order valence-electron chi connectivity index (χ1n) is 8.84. The maximum Gasteiger partial charge on any atom is 0.252 e. The molecule has 4 rings (SSSR count). The molecule has 4 heterocycles. The fourth-order valence-corrected chi connectivity index (χ4v) is 3.45. The average molecular weight is 379 g/mol. The van der Waals surface area contributed by atoms with E-state index < -0.39 is 18.1 Å². The number of alkyl halides is 1. The highest BCUT2D eigenvalue weighted by Gasteiger charge is 2.31. The van der Waals surface area contributed by atoms with Crippen molar-refractivity contribution in [2.75, 3.05) is 23.3 Å². The van der Waals surface area contributed by atoms with Crippen molar-refractivity contribution in [3.05, 3.63) is 47.9 Å². The van der Waals surface area contributed by atoms with Crippen LogP contribution in [-0.4, -0.2) is 46.2 Å². The Balaban J connectivity index is 1.54. The highest BCUT2D eigenvalue weighted by molar-refractivity contribution is 6.06. The summed E-state index contributed by atoms with van der Waals surface area (Å²) in [7, 11) is 0. The van der Waals surface area contributed by atoms with Crippen molar-refractivity contribution in [3.63, 3.8) is 0 Å². The molecule has 0 radical (unpaired) electrons. The number of nitrogens with zero attached hydrogens (tertiary/aromatic N) is 4. The zero-order valence-corrected chi connectivity index (χ0v) is 14.9. The monoisotopic (exact) mass is 379 g/mol. The van der Waals surface area contributed by atoms with Gasteiger partial charge in [-0.2, -0.15) is 5.26 Å². The molecule has 0 unspecified atom stereocenters. The van der Waals surface area contributed by atoms with Gasteiger partial charge in [0.2, 0.25) is 0 Å². The van der Waals surface area contributed by atoms with Crippen LogP contribution in [0.15, 0.2) is 36.8 Å². The normalized spacial score (nSPS) is 19.4. The van der Waals surface area contributed by atoms with Gasteiger partial charge in [0, 0.05) is 30.5 Å². The molecular weight excluding hydrogens is 361 g/mol. The highest BCUT2D eigenvalue weighted by Crippen LogP contribution is 2.29. The number of hydrogen-bond donors (Lipinski definition) is 3. The van der Waals surface area contributed by atoms with Crippen molar-refractivity contribution in [2.45, 2.75) is 18.6 Å². The van der Waals surface area contributed by atoms with Gasteiger partial charge >= 0.3 is 0 Å². The number of amides is 1. The number of H-pyrrole nitrogens is 1. The third-order valence-electron chi connectivity index (χ3n) is 4.92. The molecule has 0 saturated carbocycles. The average Bonchev–Trinajstić information content (AvgIpc) is 3.18. The molecule has 1 aliphatic heterocycles. The summed E-state index contributed by atoms with van der Waals surface area (Å²) >= 11 is 0. The molecule has 0 bridgehead atoms. The Labute approximate surface area is 160 Å². The number of anilines is 2. The van der Waals surface area contributed by atoms with Gasteiger partial charge in [0.15, 0.2) is 0 Å². The SMILES string of the molecule is N#Cc1ccc(N2CC[C@@H](Nc3c(C(N)=O)cnc4[nH]ccc34)[C@H](F)C2)nc1. The molecule has 1 saturated heterocycles. The van der Waals surface area contributed by atoms with Crippen LogP contribution in [0.4, 0.5) is 15.9 Å². The number of fused-ring (bicyclic) bond motifs is 1. The summed E-state index contributed by atoms with van der Waals surface area (Å²) in [6.45, 7) is 0.744. The lowest BCUT2D eigenvalue weighted by Crippen LogP contribution is -2.48. The zero-order chi connectivity index (χ0) is 19.7. The number of primary amides is 1. The van der Waals surface area contributed by atoms with Crippen LogP contribution in [0.2, 0.25) is 0 Å². The second-order valence-corrected chi connectivity index (χ2v) is 6.67. The molecule has 0 aromatic carbocycles. The summed E-state index contributed by atoms with van der Waals surface area (Å²) in [6.07, 6.45) is 3.90. The van der Waals surface area contributed by atoms with Gasteiger partial charge in [0.1, 0.15) is 23.7 Å². The number of aromatic nitrogens is 3. The van der Waals surface area contributed by atoms with E-state index in [1.165, 1.54) is 12.4 Å². The third-order valence-corrected chi connectivity index (χ3v) is 4.92. The number of nitriles is 1. The van der Waals surface area contributed by atoms with Crippen LogP contribution in [0, 0.1) is 11.3 Å². The summed E-state index contributed by atoms with van der Waals surface area (Å²) in [5, 5.41) is 12.7. The standard InChI is InChI=1S/C19H18FN7O/c20-14-10-27(16-2-1-11(7-21)8-24-16)6-4-15(14)26-17-12-3-5-23-19(12)25-9-13(17)18(22)28/h1-3,5,8-9,14-15H,4,6,10H2,(H2,22,28)(H2,23,25,26)/t14-,15-/m1/s1. The number of halogens is 1. The molecule has 3 aromatic rings. The molecule has 4 N–H and O–H groups in total. The van der Waals surface area contributed by atoms with Crippen LogP contribution in [0.3, 0.4) is 0 Å². The van der Waals surface area contributed by atoms with Crippen LogP contribution in [0.5, 0.6) is 0 Å². The summed E-state index contributed by atoms with van der Waals surface area (Å²) in [6, 6.07) is 6.70. The predicted molar refractivity (Wildman–Crippen MR) is 103 cm³/mol. The number of piperidine rings is 1. The molecule has 3 aromatic heterocycles. The van der Waals surface area contributed by atoms with Gasteiger partial charge in [-0.3, -0.25) is 4.79 Å². The van der Waals surface area contributed by atoms with E-state index in [0.717, 1.165) is 0 Å². The number of nitrogens with one attached hydrogen (secondary N) is 2. The van der Waals surface area contributed by atoms with Crippen LogP contribution < -0.4 is 16.0 Å². The Morgan fingerprint density at radius 1 is 1.36 bits per heavy atom. The number of pyridine rings is 2. The summed E-state index contributed by atoms with van der Waals surface area (Å²) in [5.41, 5.74) is 7.26. The molecule has 1 amide bonds. The van der Waals surface area contributed by atoms with E-state index in [1.54, 1.807) is 24.4 Å². The second kappa shape index (κ2) is 7.15. The first-order chi connectivity index (χ1) is 13.6. The maximum atomic E-state index is 14.9. The van der Waals surface area contributed by atoms with Crippen LogP contribution in [0.25, 0.3) is 11.0 Å². The number of aromatic amines is 1. The predicted octanol–water partition coefficient (Wildman–Crippen LogP) is 1.96. The molecular formula is C19H18FN7O. The molecule has 0 aliphatic carbocycles. The summed E-state index contributed by atoms with van der Waals surface area (Å²) < 4.78 is 14.9. The minimum absolute atomic E-state index is 0.157. The number of nitrogens with two attached hydrogens (primary N) is 1. The van der Waals surface area contributed by atoms with Crippen LogP contribution in [-0.2, 0) is 0 Å². The molecule has 8 nitrogen and oxygen atoms in total. The van der Waals surface area contributed by atoms with Gasteiger partial charge in [-0.15, -0.1) is 0 Å². The fraction of sp³-hybridized carbons (Fsp3) is 0.263. The maximum absolute atomic E-state index is 14.9. The van der Waals surface area contributed by atoms with Crippen molar-refractivity contribution in [2.24, 2.45) is 5.73 Å². The molecule has 2 atom stereocenters. The van der Waals surface area contributed by atoms with Gasteiger partial charge in [0.25, 0.3) is 5.91 Å². The summed E-state index contributed by atoms with van der Waals surface area (Å²) in [5.74, 6) is 0.0163. The largest absolute Gasteiger partial charge is 0.378 e. The van der Waals surface area contributed by atoms with E-state index >= 15 is 0 Å². The Bertz CT molecular complexity index is 1060. The van der Waals surface area contributed by atoms with E-state index in [1.807, 2.05) is 11.0 Å². The van der Waals surface area contributed by atoms with Gasteiger partial charge in [-0.25, -0.2) is 14.4 Å². The van der Waals surface area contributed by atoms with Crippen molar-refractivity contribution >= 4 is 28.4 Å². The van der Waals surface area contributed by atoms with Crippen LogP contribution in [0.1, 0.15) is 22.3 Å². The van der Waals surface area contributed by atoms with Crippen molar-refractivity contribution < 1.29 is 9.18 Å². The number of rotatable bonds is 4. The van der Waals surface area contributed by atoms with E-state index in [-0.39, 0.29) is 12.1 Å². The van der Waals surface area contributed by atoms with Gasteiger partial charge in [0.05, 0.1) is 29.4 Å². The third kappa shape index (κ3) is 3.20. The van der Waals surface area contributed by atoms with Crippen LogP contribution >= 0.6 is 0 Å². The van der Waals surface area contributed by atoms with Crippen molar-refractivity contribution in [3.8, 4) is 6.07 Å². The lowest BCUT2D eigenvalue weighted by atomic mass is 10.0. The first-order valence-corrected chi connectivity index (χ1v) is 8.84. The number of carbonyl (C=O) groups is 1. The minimum atomic E-state index is -1.19. The first kappa shape index (κ1) is 17.7. The molecule has 142 valence electrons. The van der Waals surface area contributed by atoms with E-state index in [2.05, 4.69) is 20.3 Å². The molecule has 1 aliphatic rings. The smallest absolute Gasteiger partial charge is 0.252 e. The van der Waals surface area contributed by atoms with Gasteiger partial charge in [-0.1, -0.05) is 0 Å². The molecule has 9 heteroatoms. The van der Waals surface area contributed by atoms with Crippen molar-refractivity contribution in [1.29, 1.82) is 5.26 Å². The second-order valence-electron chi connectivity index (χ2n) is 6.67. The fourth-order valence-electron chi connectivity index (χ4n) is 3.45. The topological polar surface area (TPSA) is 124 Å². The lowest BCUT2D eigenvalue weighted by molar-refractivity contribution is 0.100. The van der Waals surface area contributed by atoms with E-state index in [0.29, 0.717) is 41.1 Å². The Morgan fingerprint density at radius 2 is 2.21 bits per heavy atom. The van der Waals surface area contributed by atoms with E-state index in [4.69, 9.17) is 11.0 Å². The highest BCUT2D eigenvalue weighted by atomic mass is 19.1. The van der Waals surface area contributed by atoms with Gasteiger partial charge < -0.3 is 20.9 Å². The van der Waals surface area contributed by atoms with Gasteiger partial charge in [-0.05, 0) is 24.6 Å². The Hall–Kier alpha value is -3.67. The quantitative estimate of drug-likeness (QED) is 0.637. The minimum Gasteiger partial charge on any atom is -0.378 e. The molecule has 28 heavy (non-hydrogen) atoms. The Morgan fingerprint density at radius 3 is 2.89 bits per heavy atom. The Kier molecular flexibility index (Phi) is 4.53. The zero-order valence-electron chi connectivity index (χ0n) is 14.9. The number of hydrogen-bond acceptors (Lipinski definition) is 6. The number of carbonyl (C=O) groups excluding carboxylic acids is 1. The van der Waals surface area contributed by atoms with E-state index in [9.17, 15) is 9.18 Å². The lowest BCUT2D eigenvalue weighted by Gasteiger charge is -2.36. The van der Waals surface area contributed by atoms with Crippen molar-refractivity contribution in [1.82, 2.24) is 15.0 Å². The summed E-state index contributed by atoms with van der Waals surface area (Å²) in [4.78, 5) is 25.0. The molecule has 1 fully saturated rings. The molecule has 0 spiro atoms.